The number of halogens is 1. The minimum Gasteiger partial charge on any atom is -0.341 e. The monoisotopic (exact) mass is 387 g/mol. The number of rotatable bonds is 6. The molecule has 0 spiro atoms. The first-order valence-electron chi connectivity index (χ1n) is 8.45. The van der Waals surface area contributed by atoms with Gasteiger partial charge in [0.2, 0.25) is 11.8 Å². The van der Waals surface area contributed by atoms with Crippen LogP contribution in [-0.4, -0.2) is 42.3 Å². The maximum Gasteiger partial charge on any atom is 0.251 e. The molecule has 0 aliphatic carbocycles. The number of hydrogen-bond acceptors (Lipinski definition) is 3. The Morgan fingerprint density at radius 3 is 2.48 bits per heavy atom. The van der Waals surface area contributed by atoms with Gasteiger partial charge in [0.15, 0.2) is 0 Å². The molecule has 0 fully saturated rings. The van der Waals surface area contributed by atoms with Crippen LogP contribution in [0.5, 0.6) is 0 Å². The summed E-state index contributed by atoms with van der Waals surface area (Å²) in [6.07, 6.45) is 0. The zero-order chi connectivity index (χ0) is 20.0. The zero-order valence-electron chi connectivity index (χ0n) is 15.5. The second kappa shape index (κ2) is 9.19. The van der Waals surface area contributed by atoms with Crippen molar-refractivity contribution in [3.63, 3.8) is 0 Å². The third kappa shape index (κ3) is 5.82. The molecule has 2 rings (SSSR count). The maximum atomic E-state index is 12.4. The molecule has 0 aromatic heterocycles. The summed E-state index contributed by atoms with van der Waals surface area (Å²) in [7, 11) is 1.50. The number of nitrogens with one attached hydrogen (secondary N) is 2. The molecule has 0 unspecified atom stereocenters. The Balaban J connectivity index is 1.90. The third-order valence-corrected chi connectivity index (χ3v) is 4.23. The second-order valence-corrected chi connectivity index (χ2v) is 6.69. The lowest BCUT2D eigenvalue weighted by Gasteiger charge is -2.22. The van der Waals surface area contributed by atoms with Crippen LogP contribution in [0.2, 0.25) is 5.02 Å². The number of amides is 3. The van der Waals surface area contributed by atoms with E-state index in [1.54, 1.807) is 49.4 Å². The number of carbonyl (C=O) groups excluding carboxylic acids is 3. The molecule has 0 saturated carbocycles. The van der Waals surface area contributed by atoms with E-state index in [9.17, 15) is 14.4 Å². The molecule has 142 valence electrons. The average Bonchev–Trinajstić information content (AvgIpc) is 2.62. The summed E-state index contributed by atoms with van der Waals surface area (Å²) < 4.78 is 0. The van der Waals surface area contributed by atoms with Gasteiger partial charge < -0.3 is 15.5 Å². The quantitative estimate of drug-likeness (QED) is 0.800. The van der Waals surface area contributed by atoms with Gasteiger partial charge in [-0.15, -0.1) is 0 Å². The SMILES string of the molecule is Cc1cccc(C(=O)N[C@H](C)C(=O)N(C)CC(=O)Nc2ccccc2Cl)c1. The van der Waals surface area contributed by atoms with Gasteiger partial charge in [-0.25, -0.2) is 0 Å². The van der Waals surface area contributed by atoms with E-state index in [-0.39, 0.29) is 24.3 Å². The third-order valence-electron chi connectivity index (χ3n) is 3.90. The Hall–Kier alpha value is -2.86. The van der Waals surface area contributed by atoms with Crippen LogP contribution >= 0.6 is 11.6 Å². The topological polar surface area (TPSA) is 78.5 Å². The highest BCUT2D eigenvalue weighted by Gasteiger charge is 2.22. The van der Waals surface area contributed by atoms with Crippen LogP contribution < -0.4 is 10.6 Å². The summed E-state index contributed by atoms with van der Waals surface area (Å²) in [6, 6.07) is 13.2. The second-order valence-electron chi connectivity index (χ2n) is 6.29. The number of anilines is 1. The lowest BCUT2D eigenvalue weighted by Crippen LogP contribution is -2.47. The van der Waals surface area contributed by atoms with Crippen LogP contribution in [0.25, 0.3) is 0 Å². The summed E-state index contributed by atoms with van der Waals surface area (Å²) >= 11 is 6.00. The predicted molar refractivity (Wildman–Crippen MR) is 106 cm³/mol. The molecule has 0 aliphatic rings. The molecule has 0 heterocycles. The van der Waals surface area contributed by atoms with Gasteiger partial charge in [-0.3, -0.25) is 14.4 Å². The van der Waals surface area contributed by atoms with E-state index in [1.165, 1.54) is 11.9 Å². The molecule has 0 aliphatic heterocycles. The van der Waals surface area contributed by atoms with Crippen LogP contribution in [0.1, 0.15) is 22.8 Å². The molecule has 7 heteroatoms. The maximum absolute atomic E-state index is 12.4. The van der Waals surface area contributed by atoms with E-state index in [0.29, 0.717) is 16.3 Å². The molecule has 0 saturated heterocycles. The Kier molecular flexibility index (Phi) is 6.96. The fourth-order valence-electron chi connectivity index (χ4n) is 2.50. The summed E-state index contributed by atoms with van der Waals surface area (Å²) in [5.74, 6) is -1.09. The van der Waals surface area contributed by atoms with Gasteiger partial charge >= 0.3 is 0 Å². The van der Waals surface area contributed by atoms with E-state index in [2.05, 4.69) is 10.6 Å². The van der Waals surface area contributed by atoms with Crippen LogP contribution in [-0.2, 0) is 9.59 Å². The molecule has 2 N–H and O–H groups in total. The van der Waals surface area contributed by atoms with Crippen molar-refractivity contribution in [1.82, 2.24) is 10.2 Å². The minimum absolute atomic E-state index is 0.158. The molecule has 2 aromatic rings. The van der Waals surface area contributed by atoms with E-state index >= 15 is 0 Å². The lowest BCUT2D eigenvalue weighted by atomic mass is 10.1. The van der Waals surface area contributed by atoms with Gasteiger partial charge in [0, 0.05) is 12.6 Å². The molecular formula is C20H22ClN3O3. The van der Waals surface area contributed by atoms with Crippen molar-refractivity contribution in [1.29, 1.82) is 0 Å². The van der Waals surface area contributed by atoms with Crippen molar-refractivity contribution >= 4 is 35.0 Å². The fraction of sp³-hybridized carbons (Fsp3) is 0.250. The molecule has 2 aromatic carbocycles. The normalized spacial score (nSPS) is 11.4. The fourth-order valence-corrected chi connectivity index (χ4v) is 2.69. The first-order chi connectivity index (χ1) is 12.8. The summed E-state index contributed by atoms with van der Waals surface area (Å²) in [4.78, 5) is 38.1. The van der Waals surface area contributed by atoms with Crippen LogP contribution in [0, 0.1) is 6.92 Å². The van der Waals surface area contributed by atoms with Crippen LogP contribution in [0.4, 0.5) is 5.69 Å². The molecule has 0 bridgehead atoms. The average molecular weight is 388 g/mol. The van der Waals surface area contributed by atoms with Gasteiger partial charge in [0.25, 0.3) is 5.91 Å². The number of hydrogen-bond donors (Lipinski definition) is 2. The van der Waals surface area contributed by atoms with E-state index in [4.69, 9.17) is 11.6 Å². The van der Waals surface area contributed by atoms with Crippen LogP contribution in [0.15, 0.2) is 48.5 Å². The van der Waals surface area contributed by atoms with Crippen molar-refractivity contribution < 1.29 is 14.4 Å². The first-order valence-corrected chi connectivity index (χ1v) is 8.82. The Morgan fingerprint density at radius 1 is 1.11 bits per heavy atom. The van der Waals surface area contributed by atoms with Gasteiger partial charge in [0.05, 0.1) is 17.3 Å². The number of carbonyl (C=O) groups is 3. The van der Waals surface area contributed by atoms with Crippen LogP contribution in [0.3, 0.4) is 0 Å². The highest BCUT2D eigenvalue weighted by Crippen LogP contribution is 2.20. The van der Waals surface area contributed by atoms with Crippen molar-refractivity contribution in [3.05, 3.63) is 64.7 Å². The first kappa shape index (κ1) is 20.5. The van der Waals surface area contributed by atoms with Crippen molar-refractivity contribution in [3.8, 4) is 0 Å². The number of para-hydroxylation sites is 1. The van der Waals surface area contributed by atoms with E-state index in [1.807, 2.05) is 13.0 Å². The molecule has 27 heavy (non-hydrogen) atoms. The van der Waals surface area contributed by atoms with E-state index < -0.39 is 6.04 Å². The number of likely N-dealkylation sites (N-methyl/N-ethyl adjacent to an activating group) is 1. The highest BCUT2D eigenvalue weighted by molar-refractivity contribution is 6.33. The van der Waals surface area contributed by atoms with Crippen molar-refractivity contribution in [2.24, 2.45) is 0 Å². The summed E-state index contributed by atoms with van der Waals surface area (Å²) in [5, 5.41) is 5.72. The predicted octanol–water partition coefficient (Wildman–Crippen LogP) is 2.86. The molecule has 6 nitrogen and oxygen atoms in total. The smallest absolute Gasteiger partial charge is 0.251 e. The lowest BCUT2D eigenvalue weighted by molar-refractivity contribution is -0.134. The number of nitrogens with zero attached hydrogens (tertiary/aromatic N) is 1. The Labute approximate surface area is 163 Å². The van der Waals surface area contributed by atoms with Gasteiger partial charge in [0.1, 0.15) is 6.04 Å². The summed E-state index contributed by atoms with van der Waals surface area (Å²) in [5.41, 5.74) is 1.91. The van der Waals surface area contributed by atoms with Gasteiger partial charge in [-0.1, -0.05) is 41.4 Å². The zero-order valence-corrected chi connectivity index (χ0v) is 16.2. The highest BCUT2D eigenvalue weighted by atomic mass is 35.5. The molecular weight excluding hydrogens is 366 g/mol. The van der Waals surface area contributed by atoms with Crippen molar-refractivity contribution in [2.45, 2.75) is 19.9 Å². The number of benzene rings is 2. The minimum atomic E-state index is -0.767. The van der Waals surface area contributed by atoms with Gasteiger partial charge in [-0.05, 0) is 38.1 Å². The van der Waals surface area contributed by atoms with Crippen molar-refractivity contribution in [2.75, 3.05) is 18.9 Å². The Bertz CT molecular complexity index is 854. The number of aryl methyl sites for hydroxylation is 1. The molecule has 1 atom stereocenters. The standard InChI is InChI=1S/C20H22ClN3O3/c1-13-7-6-8-15(11-13)19(26)22-14(2)20(27)24(3)12-18(25)23-17-10-5-4-9-16(17)21/h4-11,14H,12H2,1-3H3,(H,22,26)(H,23,25)/t14-/m1/s1. The largest absolute Gasteiger partial charge is 0.341 e. The molecule has 3 amide bonds. The summed E-state index contributed by atoms with van der Waals surface area (Å²) in [6.45, 7) is 3.31. The molecule has 0 radical (unpaired) electrons. The van der Waals surface area contributed by atoms with E-state index in [0.717, 1.165) is 5.56 Å². The van der Waals surface area contributed by atoms with Gasteiger partial charge in [-0.2, -0.15) is 0 Å². The Morgan fingerprint density at radius 2 is 1.81 bits per heavy atom.